The highest BCUT2D eigenvalue weighted by Gasteiger charge is 2.28. The van der Waals surface area contributed by atoms with E-state index in [1.807, 2.05) is 18.2 Å². The number of benzene rings is 1. The topological polar surface area (TPSA) is 98.3 Å². The third kappa shape index (κ3) is 4.42. The van der Waals surface area contributed by atoms with E-state index in [4.69, 9.17) is 4.74 Å². The second-order valence-electron chi connectivity index (χ2n) is 6.45. The summed E-state index contributed by atoms with van der Waals surface area (Å²) in [5.41, 5.74) is 1.09. The van der Waals surface area contributed by atoms with Gasteiger partial charge < -0.3 is 25.6 Å². The van der Waals surface area contributed by atoms with Gasteiger partial charge in [-0.2, -0.15) is 0 Å². The Morgan fingerprint density at radius 3 is 2.89 bits per heavy atom. The van der Waals surface area contributed by atoms with Crippen LogP contribution in [0.3, 0.4) is 0 Å². The first-order chi connectivity index (χ1) is 13.1. The molecule has 1 aromatic rings. The maximum Gasteiger partial charge on any atom is 0.324 e. The number of hydrogen-bond donors (Lipinski definition) is 3. The summed E-state index contributed by atoms with van der Waals surface area (Å²) in [5.74, 6) is 1.33. The fourth-order valence-corrected chi connectivity index (χ4v) is 3.34. The number of aliphatic imine (C=N–C) groups is 1. The van der Waals surface area contributed by atoms with Crippen molar-refractivity contribution in [2.75, 3.05) is 51.8 Å². The Hall–Kier alpha value is -2.97. The average molecular weight is 374 g/mol. The number of methoxy groups -OCH3 is 1. The van der Waals surface area contributed by atoms with Crippen LogP contribution in [0.5, 0.6) is 5.75 Å². The average Bonchev–Trinajstić information content (AvgIpc) is 3.28. The summed E-state index contributed by atoms with van der Waals surface area (Å²) in [6.45, 7) is 2.60. The monoisotopic (exact) mass is 374 g/mol. The fourth-order valence-electron chi connectivity index (χ4n) is 3.34. The van der Waals surface area contributed by atoms with Gasteiger partial charge in [0.05, 0.1) is 19.3 Å². The van der Waals surface area contributed by atoms with E-state index in [0.717, 1.165) is 30.9 Å². The predicted molar refractivity (Wildman–Crippen MR) is 103 cm³/mol. The molecule has 2 saturated heterocycles. The third-order valence-electron chi connectivity index (χ3n) is 4.74. The Bertz CT molecular complexity index is 707. The van der Waals surface area contributed by atoms with Crippen LogP contribution in [-0.2, 0) is 4.79 Å². The summed E-state index contributed by atoms with van der Waals surface area (Å²) in [5, 5.41) is 9.07. The standard InChI is InChI=1S/C18H26N6O3/c1-19-17(20-8-10-24-16(25)11-21-18(24)26)22-13-7-9-23(12-13)14-5-3-4-6-15(14)27-2/h3-6,13H,7-12H2,1-2H3,(H,21,26)(H2,19,20,22). The van der Waals surface area contributed by atoms with E-state index in [9.17, 15) is 9.59 Å². The van der Waals surface area contributed by atoms with Crippen LogP contribution in [0.4, 0.5) is 10.5 Å². The van der Waals surface area contributed by atoms with Crippen molar-refractivity contribution in [2.45, 2.75) is 12.5 Å². The molecule has 9 nitrogen and oxygen atoms in total. The number of carbonyl (C=O) groups excluding carboxylic acids is 2. The largest absolute Gasteiger partial charge is 0.495 e. The van der Waals surface area contributed by atoms with Gasteiger partial charge in [-0.05, 0) is 18.6 Å². The SMILES string of the molecule is CN=C(NCCN1C(=O)CNC1=O)NC1CCN(c2ccccc2OC)C1. The van der Waals surface area contributed by atoms with Crippen LogP contribution >= 0.6 is 0 Å². The van der Waals surface area contributed by atoms with E-state index in [2.05, 4.69) is 31.9 Å². The molecule has 1 unspecified atom stereocenters. The van der Waals surface area contributed by atoms with Gasteiger partial charge in [0.25, 0.3) is 0 Å². The highest BCUT2D eigenvalue weighted by Crippen LogP contribution is 2.30. The molecule has 3 rings (SSSR count). The molecule has 146 valence electrons. The molecule has 1 aromatic carbocycles. The van der Waals surface area contributed by atoms with Crippen LogP contribution in [0.2, 0.25) is 0 Å². The molecule has 2 aliphatic heterocycles. The summed E-state index contributed by atoms with van der Waals surface area (Å²) in [6, 6.07) is 7.91. The zero-order chi connectivity index (χ0) is 19.2. The van der Waals surface area contributed by atoms with Crippen molar-refractivity contribution in [1.29, 1.82) is 0 Å². The Balaban J connectivity index is 1.48. The number of imide groups is 1. The first-order valence-corrected chi connectivity index (χ1v) is 9.05. The highest BCUT2D eigenvalue weighted by atomic mass is 16.5. The van der Waals surface area contributed by atoms with Gasteiger partial charge in [0.15, 0.2) is 5.96 Å². The Morgan fingerprint density at radius 2 is 2.19 bits per heavy atom. The van der Waals surface area contributed by atoms with Crippen LogP contribution in [0, 0.1) is 0 Å². The number of amides is 3. The molecule has 0 radical (unpaired) electrons. The van der Waals surface area contributed by atoms with Crippen molar-refractivity contribution in [3.05, 3.63) is 24.3 Å². The van der Waals surface area contributed by atoms with Gasteiger partial charge in [0, 0.05) is 39.3 Å². The van der Waals surface area contributed by atoms with Crippen LogP contribution < -0.4 is 25.6 Å². The number of nitrogens with one attached hydrogen (secondary N) is 3. The maximum atomic E-state index is 11.6. The number of ether oxygens (including phenoxy) is 1. The van der Waals surface area contributed by atoms with Gasteiger partial charge in [0.1, 0.15) is 5.75 Å². The van der Waals surface area contributed by atoms with E-state index >= 15 is 0 Å². The minimum Gasteiger partial charge on any atom is -0.495 e. The summed E-state index contributed by atoms with van der Waals surface area (Å²) in [6.07, 6.45) is 0.978. The summed E-state index contributed by atoms with van der Waals surface area (Å²) >= 11 is 0. The molecular weight excluding hydrogens is 348 g/mol. The summed E-state index contributed by atoms with van der Waals surface area (Å²) in [4.78, 5) is 30.9. The molecule has 3 N–H and O–H groups in total. The van der Waals surface area contributed by atoms with Gasteiger partial charge in [-0.3, -0.25) is 14.7 Å². The number of anilines is 1. The third-order valence-corrected chi connectivity index (χ3v) is 4.74. The fraction of sp³-hybridized carbons (Fsp3) is 0.500. The molecule has 2 heterocycles. The zero-order valence-electron chi connectivity index (χ0n) is 15.7. The number of para-hydroxylation sites is 2. The smallest absolute Gasteiger partial charge is 0.324 e. The second-order valence-corrected chi connectivity index (χ2v) is 6.45. The first kappa shape index (κ1) is 18.8. The Kier molecular flexibility index (Phi) is 6.00. The minimum absolute atomic E-state index is 0.0761. The molecule has 2 fully saturated rings. The zero-order valence-corrected chi connectivity index (χ0v) is 15.7. The second kappa shape index (κ2) is 8.61. The van der Waals surface area contributed by atoms with Crippen molar-refractivity contribution >= 4 is 23.6 Å². The van der Waals surface area contributed by atoms with Crippen molar-refractivity contribution in [1.82, 2.24) is 20.9 Å². The quantitative estimate of drug-likeness (QED) is 0.368. The molecule has 0 aliphatic carbocycles. The number of urea groups is 1. The van der Waals surface area contributed by atoms with Crippen molar-refractivity contribution in [3.63, 3.8) is 0 Å². The van der Waals surface area contributed by atoms with Crippen LogP contribution in [0.25, 0.3) is 0 Å². The molecule has 3 amide bonds. The van der Waals surface area contributed by atoms with Crippen molar-refractivity contribution in [3.8, 4) is 5.75 Å². The number of rotatable bonds is 6. The summed E-state index contributed by atoms with van der Waals surface area (Å²) < 4.78 is 5.45. The van der Waals surface area contributed by atoms with E-state index < -0.39 is 0 Å². The van der Waals surface area contributed by atoms with Crippen LogP contribution in [0.15, 0.2) is 29.3 Å². The highest BCUT2D eigenvalue weighted by molar-refractivity contribution is 6.01. The van der Waals surface area contributed by atoms with Gasteiger partial charge in [-0.1, -0.05) is 12.1 Å². The number of hydrogen-bond acceptors (Lipinski definition) is 5. The molecule has 0 bridgehead atoms. The van der Waals surface area contributed by atoms with Gasteiger partial charge in [-0.15, -0.1) is 0 Å². The van der Waals surface area contributed by atoms with E-state index in [1.165, 1.54) is 4.90 Å². The normalized spacial score (nSPS) is 20.1. The molecule has 1 atom stereocenters. The van der Waals surface area contributed by atoms with Gasteiger partial charge in [0.2, 0.25) is 5.91 Å². The number of guanidine groups is 1. The minimum atomic E-state index is -0.340. The number of carbonyl (C=O) groups is 2. The lowest BCUT2D eigenvalue weighted by molar-refractivity contribution is -0.124. The molecule has 27 heavy (non-hydrogen) atoms. The molecular formula is C18H26N6O3. The molecule has 0 saturated carbocycles. The van der Waals surface area contributed by atoms with E-state index in [0.29, 0.717) is 19.0 Å². The lowest BCUT2D eigenvalue weighted by Crippen LogP contribution is -2.47. The predicted octanol–water partition coefficient (Wildman–Crippen LogP) is -0.00930. The lowest BCUT2D eigenvalue weighted by atomic mass is 10.2. The molecule has 2 aliphatic rings. The lowest BCUT2D eigenvalue weighted by Gasteiger charge is -2.22. The molecule has 0 spiro atoms. The Labute approximate surface area is 158 Å². The summed E-state index contributed by atoms with van der Waals surface area (Å²) in [7, 11) is 3.39. The van der Waals surface area contributed by atoms with Crippen molar-refractivity contribution in [2.24, 2.45) is 4.99 Å². The van der Waals surface area contributed by atoms with Crippen molar-refractivity contribution < 1.29 is 14.3 Å². The number of nitrogens with zero attached hydrogens (tertiary/aromatic N) is 3. The van der Waals surface area contributed by atoms with E-state index in [1.54, 1.807) is 14.2 Å². The first-order valence-electron chi connectivity index (χ1n) is 9.05. The van der Waals surface area contributed by atoms with Gasteiger partial charge >= 0.3 is 6.03 Å². The molecule has 9 heteroatoms. The van der Waals surface area contributed by atoms with Gasteiger partial charge in [-0.25, -0.2) is 4.79 Å². The Morgan fingerprint density at radius 1 is 1.37 bits per heavy atom. The molecule has 0 aromatic heterocycles. The van der Waals surface area contributed by atoms with E-state index in [-0.39, 0.29) is 24.5 Å². The van der Waals surface area contributed by atoms with Crippen LogP contribution in [0.1, 0.15) is 6.42 Å². The maximum absolute atomic E-state index is 11.6. The van der Waals surface area contributed by atoms with Crippen LogP contribution in [-0.4, -0.2) is 75.7 Å².